The summed E-state index contributed by atoms with van der Waals surface area (Å²) in [6.45, 7) is 0. The lowest BCUT2D eigenvalue weighted by Crippen LogP contribution is -2.23. The topological polar surface area (TPSA) is 67.2 Å². The Balaban J connectivity index is 2.44. The van der Waals surface area contributed by atoms with Gasteiger partial charge in [0.2, 0.25) is 0 Å². The predicted molar refractivity (Wildman–Crippen MR) is 71.6 cm³/mol. The standard InChI is InChI=1S/C14H14F3NO3S/c1-21-12-7-10(6-9(12)8-18)22(19,20)13-5-3-2-4-11(13)14(15,16)17/h2-5,9-10,12H,6-7H2,1H3/t9-,10+,12+/m0/s1. The van der Waals surface area contributed by atoms with Gasteiger partial charge < -0.3 is 4.74 Å². The Morgan fingerprint density at radius 1 is 1.27 bits per heavy atom. The number of benzene rings is 1. The number of alkyl halides is 3. The van der Waals surface area contributed by atoms with Gasteiger partial charge in [0.1, 0.15) is 0 Å². The molecule has 3 atom stereocenters. The summed E-state index contributed by atoms with van der Waals surface area (Å²) in [6, 6.07) is 6.06. The summed E-state index contributed by atoms with van der Waals surface area (Å²) in [5, 5.41) is 7.95. The molecule has 0 aromatic heterocycles. The van der Waals surface area contributed by atoms with Crippen molar-refractivity contribution in [3.8, 4) is 6.07 Å². The number of hydrogen-bond donors (Lipinski definition) is 0. The smallest absolute Gasteiger partial charge is 0.380 e. The van der Waals surface area contributed by atoms with Crippen molar-refractivity contribution in [2.45, 2.75) is 35.3 Å². The zero-order chi connectivity index (χ0) is 16.5. The van der Waals surface area contributed by atoms with Gasteiger partial charge in [-0.1, -0.05) is 12.1 Å². The van der Waals surface area contributed by atoms with E-state index < -0.39 is 43.7 Å². The zero-order valence-electron chi connectivity index (χ0n) is 11.7. The first-order valence-corrected chi connectivity index (χ1v) is 8.09. The van der Waals surface area contributed by atoms with Crippen LogP contribution in [0.1, 0.15) is 18.4 Å². The molecule has 1 aromatic rings. The van der Waals surface area contributed by atoms with Crippen LogP contribution < -0.4 is 0 Å². The molecule has 4 nitrogen and oxygen atoms in total. The molecule has 0 saturated heterocycles. The number of ether oxygens (including phenoxy) is 1. The molecule has 0 N–H and O–H groups in total. The van der Waals surface area contributed by atoms with Crippen molar-refractivity contribution in [3.63, 3.8) is 0 Å². The molecule has 1 aliphatic carbocycles. The number of sulfone groups is 1. The van der Waals surface area contributed by atoms with E-state index in [0.717, 1.165) is 18.2 Å². The van der Waals surface area contributed by atoms with Crippen LogP contribution in [0.3, 0.4) is 0 Å². The monoisotopic (exact) mass is 333 g/mol. The van der Waals surface area contributed by atoms with Crippen molar-refractivity contribution in [1.82, 2.24) is 0 Å². The Bertz CT molecular complexity index is 694. The molecule has 1 aromatic carbocycles. The van der Waals surface area contributed by atoms with E-state index in [0.29, 0.717) is 0 Å². The molecule has 22 heavy (non-hydrogen) atoms. The van der Waals surface area contributed by atoms with Crippen LogP contribution in [0, 0.1) is 17.2 Å². The zero-order valence-corrected chi connectivity index (χ0v) is 12.5. The third kappa shape index (κ3) is 2.96. The quantitative estimate of drug-likeness (QED) is 0.853. The molecule has 1 saturated carbocycles. The molecule has 0 heterocycles. The fraction of sp³-hybridized carbons (Fsp3) is 0.500. The van der Waals surface area contributed by atoms with Crippen LogP contribution in [0.25, 0.3) is 0 Å². The first-order chi connectivity index (χ1) is 10.2. The van der Waals surface area contributed by atoms with E-state index in [2.05, 4.69) is 0 Å². The minimum absolute atomic E-state index is 0.0171. The molecule has 0 unspecified atom stereocenters. The van der Waals surface area contributed by atoms with Gasteiger partial charge in [0.05, 0.1) is 33.8 Å². The van der Waals surface area contributed by atoms with Crippen LogP contribution in [-0.2, 0) is 20.8 Å². The molecule has 1 fully saturated rings. The second-order valence-electron chi connectivity index (χ2n) is 5.14. The fourth-order valence-electron chi connectivity index (χ4n) is 2.73. The summed E-state index contributed by atoms with van der Waals surface area (Å²) in [5.74, 6) is -0.636. The highest BCUT2D eigenvalue weighted by atomic mass is 32.2. The Morgan fingerprint density at radius 2 is 1.91 bits per heavy atom. The molecule has 1 aliphatic rings. The van der Waals surface area contributed by atoms with Crippen molar-refractivity contribution in [3.05, 3.63) is 29.8 Å². The van der Waals surface area contributed by atoms with Crippen LogP contribution in [0.5, 0.6) is 0 Å². The van der Waals surface area contributed by atoms with Crippen molar-refractivity contribution in [2.75, 3.05) is 7.11 Å². The number of nitriles is 1. The number of halogens is 3. The molecular formula is C14H14F3NO3S. The van der Waals surface area contributed by atoms with E-state index >= 15 is 0 Å². The summed E-state index contributed by atoms with van der Waals surface area (Å²) in [7, 11) is -2.83. The lowest BCUT2D eigenvalue weighted by Gasteiger charge is -2.16. The second kappa shape index (κ2) is 5.89. The third-order valence-electron chi connectivity index (χ3n) is 3.87. The van der Waals surface area contributed by atoms with Crippen LogP contribution >= 0.6 is 0 Å². The highest BCUT2D eigenvalue weighted by molar-refractivity contribution is 7.92. The van der Waals surface area contributed by atoms with Gasteiger partial charge in [-0.2, -0.15) is 18.4 Å². The Morgan fingerprint density at radius 3 is 2.41 bits per heavy atom. The van der Waals surface area contributed by atoms with Gasteiger partial charge in [-0.05, 0) is 25.0 Å². The SMILES string of the molecule is CO[C@@H]1C[C@H](S(=O)(=O)c2ccccc2C(F)(F)F)C[C@H]1C#N. The molecular weight excluding hydrogens is 319 g/mol. The molecule has 0 aliphatic heterocycles. The van der Waals surface area contributed by atoms with Gasteiger partial charge in [-0.15, -0.1) is 0 Å². The van der Waals surface area contributed by atoms with E-state index in [9.17, 15) is 21.6 Å². The van der Waals surface area contributed by atoms with Crippen LogP contribution in [0.15, 0.2) is 29.2 Å². The van der Waals surface area contributed by atoms with Crippen LogP contribution in [0.2, 0.25) is 0 Å². The first-order valence-electron chi connectivity index (χ1n) is 6.54. The molecule has 8 heteroatoms. The van der Waals surface area contributed by atoms with Crippen molar-refractivity contribution < 1.29 is 26.3 Å². The molecule has 0 bridgehead atoms. The van der Waals surface area contributed by atoms with Crippen molar-refractivity contribution in [1.29, 1.82) is 5.26 Å². The van der Waals surface area contributed by atoms with Gasteiger partial charge in [0.15, 0.2) is 9.84 Å². The maximum atomic E-state index is 13.0. The highest BCUT2D eigenvalue weighted by Crippen LogP contribution is 2.40. The normalized spacial score (nSPS) is 25.9. The Hall–Kier alpha value is -1.59. The summed E-state index contributed by atoms with van der Waals surface area (Å²) in [4.78, 5) is -0.735. The average Bonchev–Trinajstić information content (AvgIpc) is 2.90. The van der Waals surface area contributed by atoms with Gasteiger partial charge >= 0.3 is 6.18 Å². The van der Waals surface area contributed by atoms with Crippen LogP contribution in [-0.4, -0.2) is 26.9 Å². The Kier molecular flexibility index (Phi) is 4.49. The largest absolute Gasteiger partial charge is 0.417 e. The van der Waals surface area contributed by atoms with Gasteiger partial charge in [-0.3, -0.25) is 0 Å². The number of rotatable bonds is 3. The minimum atomic E-state index is -4.75. The van der Waals surface area contributed by atoms with Gasteiger partial charge in [0, 0.05) is 7.11 Å². The minimum Gasteiger partial charge on any atom is -0.380 e. The fourth-order valence-corrected chi connectivity index (χ4v) is 4.75. The third-order valence-corrected chi connectivity index (χ3v) is 6.10. The van der Waals surface area contributed by atoms with Crippen molar-refractivity contribution in [2.24, 2.45) is 5.92 Å². The summed E-state index contributed by atoms with van der Waals surface area (Å²) in [6.07, 6.45) is -5.34. The summed E-state index contributed by atoms with van der Waals surface area (Å²) in [5.41, 5.74) is -1.18. The molecule has 0 amide bonds. The molecule has 2 rings (SSSR count). The maximum Gasteiger partial charge on any atom is 0.417 e. The second-order valence-corrected chi connectivity index (χ2v) is 7.34. The molecule has 120 valence electrons. The van der Waals surface area contributed by atoms with E-state index in [4.69, 9.17) is 10.00 Å². The molecule has 0 spiro atoms. The highest BCUT2D eigenvalue weighted by Gasteiger charge is 2.45. The summed E-state index contributed by atoms with van der Waals surface area (Å²) < 4.78 is 69.2. The number of hydrogen-bond acceptors (Lipinski definition) is 4. The lowest BCUT2D eigenvalue weighted by molar-refractivity contribution is -0.139. The van der Waals surface area contributed by atoms with E-state index in [-0.39, 0.29) is 12.8 Å². The van der Waals surface area contributed by atoms with Gasteiger partial charge in [-0.25, -0.2) is 8.42 Å². The maximum absolute atomic E-state index is 13.0. The predicted octanol–water partition coefficient (Wildman–Crippen LogP) is 2.80. The lowest BCUT2D eigenvalue weighted by atomic mass is 10.1. The average molecular weight is 333 g/mol. The first kappa shape index (κ1) is 16.8. The van der Waals surface area contributed by atoms with E-state index in [1.807, 2.05) is 6.07 Å². The molecule has 0 radical (unpaired) electrons. The van der Waals surface area contributed by atoms with Gasteiger partial charge in [0.25, 0.3) is 0 Å². The van der Waals surface area contributed by atoms with Crippen molar-refractivity contribution >= 4 is 9.84 Å². The van der Waals surface area contributed by atoms with E-state index in [1.165, 1.54) is 13.2 Å². The summed E-state index contributed by atoms with van der Waals surface area (Å²) >= 11 is 0. The number of nitrogens with zero attached hydrogens (tertiary/aromatic N) is 1. The Labute approximate surface area is 126 Å². The van der Waals surface area contributed by atoms with E-state index in [1.54, 1.807) is 0 Å². The number of methoxy groups -OCH3 is 1. The van der Waals surface area contributed by atoms with Crippen LogP contribution in [0.4, 0.5) is 13.2 Å².